The second kappa shape index (κ2) is 7.61. The Bertz CT molecular complexity index is 249. The van der Waals surface area contributed by atoms with Crippen molar-refractivity contribution in [2.75, 3.05) is 19.7 Å². The van der Waals surface area contributed by atoms with E-state index in [1.807, 2.05) is 0 Å². The first-order valence-corrected chi connectivity index (χ1v) is 7.99. The maximum atomic E-state index is 10.6. The van der Waals surface area contributed by atoms with Crippen molar-refractivity contribution < 1.29 is 10.2 Å². The van der Waals surface area contributed by atoms with Crippen LogP contribution in [0.3, 0.4) is 0 Å². The van der Waals surface area contributed by atoms with Crippen LogP contribution in [-0.4, -0.2) is 47.0 Å². The average molecular weight is 271 g/mol. The molecule has 0 bridgehead atoms. The fourth-order valence-electron chi connectivity index (χ4n) is 3.61. The van der Waals surface area contributed by atoms with Gasteiger partial charge < -0.3 is 10.2 Å². The van der Waals surface area contributed by atoms with Crippen LogP contribution in [0.4, 0.5) is 0 Å². The number of aliphatic hydroxyl groups excluding tert-OH is 2. The minimum atomic E-state index is -0.211. The van der Waals surface area contributed by atoms with E-state index in [-0.39, 0.29) is 18.1 Å². The first-order chi connectivity index (χ1) is 8.96. The molecule has 0 aliphatic heterocycles. The molecule has 19 heavy (non-hydrogen) atoms. The summed E-state index contributed by atoms with van der Waals surface area (Å²) >= 11 is 0. The van der Waals surface area contributed by atoms with Gasteiger partial charge in [-0.15, -0.1) is 0 Å². The molecule has 1 fully saturated rings. The molecule has 3 heteroatoms. The molecule has 0 heterocycles. The molecule has 0 aromatic heterocycles. The van der Waals surface area contributed by atoms with E-state index in [0.29, 0.717) is 12.0 Å². The van der Waals surface area contributed by atoms with Crippen molar-refractivity contribution >= 4 is 0 Å². The highest BCUT2D eigenvalue weighted by atomic mass is 16.3. The first kappa shape index (κ1) is 16.9. The maximum absolute atomic E-state index is 10.6. The molecule has 0 saturated heterocycles. The third-order valence-corrected chi connectivity index (χ3v) is 4.96. The molecule has 1 aliphatic carbocycles. The van der Waals surface area contributed by atoms with Crippen molar-refractivity contribution in [3.63, 3.8) is 0 Å². The zero-order valence-corrected chi connectivity index (χ0v) is 13.2. The zero-order chi connectivity index (χ0) is 14.5. The molecule has 0 radical (unpaired) electrons. The predicted octanol–water partition coefficient (Wildman–Crippen LogP) is 2.66. The minimum absolute atomic E-state index is 0.0434. The van der Waals surface area contributed by atoms with Gasteiger partial charge in [0.05, 0.1) is 12.7 Å². The predicted molar refractivity (Wildman–Crippen MR) is 80.2 cm³/mol. The van der Waals surface area contributed by atoms with E-state index in [9.17, 15) is 10.2 Å². The highest BCUT2D eigenvalue weighted by Crippen LogP contribution is 2.39. The summed E-state index contributed by atoms with van der Waals surface area (Å²) in [7, 11) is 0. The molecule has 0 spiro atoms. The lowest BCUT2D eigenvalue weighted by atomic mass is 9.69. The maximum Gasteiger partial charge on any atom is 0.0631 e. The molecule has 2 atom stereocenters. The largest absolute Gasteiger partial charge is 0.395 e. The highest BCUT2D eigenvalue weighted by Gasteiger charge is 2.38. The van der Waals surface area contributed by atoms with Gasteiger partial charge in [0.1, 0.15) is 0 Å². The van der Waals surface area contributed by atoms with Crippen LogP contribution in [0, 0.1) is 11.3 Å². The van der Waals surface area contributed by atoms with Crippen molar-refractivity contribution in [3.8, 4) is 0 Å². The molecule has 2 unspecified atom stereocenters. The van der Waals surface area contributed by atoms with Gasteiger partial charge in [-0.1, -0.05) is 34.1 Å². The number of aliphatic hydroxyl groups is 2. The molecular weight excluding hydrogens is 238 g/mol. The Morgan fingerprint density at radius 1 is 1.26 bits per heavy atom. The van der Waals surface area contributed by atoms with Gasteiger partial charge in [0, 0.05) is 19.1 Å². The topological polar surface area (TPSA) is 43.7 Å². The second-order valence-corrected chi connectivity index (χ2v) is 6.77. The van der Waals surface area contributed by atoms with Gasteiger partial charge in [-0.25, -0.2) is 0 Å². The lowest BCUT2D eigenvalue weighted by molar-refractivity contribution is -0.0486. The van der Waals surface area contributed by atoms with Crippen LogP contribution in [-0.2, 0) is 0 Å². The summed E-state index contributed by atoms with van der Waals surface area (Å²) in [5.74, 6) is 0.357. The standard InChI is InChI=1S/C16H33NO2/c1-5-14(6-2)17(10-11-18)12-13-8-7-9-16(3,4)15(13)19/h13-15,18-19H,5-12H2,1-4H3. The van der Waals surface area contributed by atoms with Crippen LogP contribution < -0.4 is 0 Å². The normalized spacial score (nSPS) is 27.2. The first-order valence-electron chi connectivity index (χ1n) is 7.99. The molecule has 3 nitrogen and oxygen atoms in total. The van der Waals surface area contributed by atoms with Crippen LogP contribution in [0.2, 0.25) is 0 Å². The Morgan fingerprint density at radius 2 is 1.89 bits per heavy atom. The Kier molecular flexibility index (Phi) is 6.78. The van der Waals surface area contributed by atoms with Crippen LogP contribution in [0.5, 0.6) is 0 Å². The van der Waals surface area contributed by atoms with E-state index in [2.05, 4.69) is 32.6 Å². The van der Waals surface area contributed by atoms with Crippen LogP contribution in [0.25, 0.3) is 0 Å². The summed E-state index contributed by atoms with van der Waals surface area (Å²) < 4.78 is 0. The third-order valence-electron chi connectivity index (χ3n) is 4.96. The Hall–Kier alpha value is -0.120. The Morgan fingerprint density at radius 3 is 2.42 bits per heavy atom. The minimum Gasteiger partial charge on any atom is -0.395 e. The quantitative estimate of drug-likeness (QED) is 0.748. The number of hydrogen-bond acceptors (Lipinski definition) is 3. The Labute approximate surface area is 119 Å². The third kappa shape index (κ3) is 4.44. The van der Waals surface area contributed by atoms with E-state index in [1.54, 1.807) is 0 Å². The van der Waals surface area contributed by atoms with Crippen molar-refractivity contribution in [2.45, 2.75) is 71.9 Å². The fraction of sp³-hybridized carbons (Fsp3) is 1.00. The second-order valence-electron chi connectivity index (χ2n) is 6.77. The molecule has 1 saturated carbocycles. The van der Waals surface area contributed by atoms with Crippen molar-refractivity contribution in [1.29, 1.82) is 0 Å². The molecule has 0 aromatic rings. The molecule has 0 amide bonds. The van der Waals surface area contributed by atoms with Crippen molar-refractivity contribution in [3.05, 3.63) is 0 Å². The lowest BCUT2D eigenvalue weighted by Gasteiger charge is -2.43. The summed E-state index contributed by atoms with van der Waals surface area (Å²) in [6, 6.07) is 0.532. The number of rotatable bonds is 7. The van der Waals surface area contributed by atoms with Crippen molar-refractivity contribution in [2.24, 2.45) is 11.3 Å². The molecule has 1 rings (SSSR count). The molecular formula is C16H33NO2. The van der Waals surface area contributed by atoms with E-state index in [4.69, 9.17) is 0 Å². The van der Waals surface area contributed by atoms with E-state index < -0.39 is 0 Å². The molecule has 2 N–H and O–H groups in total. The van der Waals surface area contributed by atoms with Gasteiger partial charge in [0.2, 0.25) is 0 Å². The van der Waals surface area contributed by atoms with Gasteiger partial charge in [0.25, 0.3) is 0 Å². The SMILES string of the molecule is CCC(CC)N(CCO)CC1CCCC(C)(C)C1O. The van der Waals surface area contributed by atoms with Gasteiger partial charge in [-0.05, 0) is 37.0 Å². The number of nitrogens with zero attached hydrogens (tertiary/aromatic N) is 1. The summed E-state index contributed by atoms with van der Waals surface area (Å²) in [5, 5.41) is 19.8. The van der Waals surface area contributed by atoms with E-state index in [0.717, 1.165) is 38.8 Å². The average Bonchev–Trinajstić information content (AvgIpc) is 2.36. The van der Waals surface area contributed by atoms with Gasteiger partial charge in [0.15, 0.2) is 0 Å². The van der Waals surface area contributed by atoms with Gasteiger partial charge >= 0.3 is 0 Å². The van der Waals surface area contributed by atoms with Crippen LogP contribution in [0.15, 0.2) is 0 Å². The molecule has 114 valence electrons. The molecule has 1 aliphatic rings. The fourth-order valence-corrected chi connectivity index (χ4v) is 3.61. The monoisotopic (exact) mass is 271 g/mol. The summed E-state index contributed by atoms with van der Waals surface area (Å²) in [6.45, 7) is 10.6. The van der Waals surface area contributed by atoms with E-state index >= 15 is 0 Å². The summed E-state index contributed by atoms with van der Waals surface area (Å²) in [4.78, 5) is 2.38. The van der Waals surface area contributed by atoms with Gasteiger partial charge in [-0.3, -0.25) is 4.90 Å². The van der Waals surface area contributed by atoms with Gasteiger partial charge in [-0.2, -0.15) is 0 Å². The van der Waals surface area contributed by atoms with Crippen LogP contribution >= 0.6 is 0 Å². The smallest absolute Gasteiger partial charge is 0.0631 e. The van der Waals surface area contributed by atoms with Crippen LogP contribution in [0.1, 0.15) is 59.8 Å². The number of hydrogen-bond donors (Lipinski definition) is 2. The summed E-state index contributed by atoms with van der Waals surface area (Å²) in [5.41, 5.74) is 0.0434. The zero-order valence-electron chi connectivity index (χ0n) is 13.2. The molecule has 0 aromatic carbocycles. The Balaban J connectivity index is 2.67. The van der Waals surface area contributed by atoms with Crippen molar-refractivity contribution in [1.82, 2.24) is 4.90 Å². The lowest BCUT2D eigenvalue weighted by Crippen LogP contribution is -2.48. The van der Waals surface area contributed by atoms with E-state index in [1.165, 1.54) is 6.42 Å². The summed E-state index contributed by atoms with van der Waals surface area (Å²) in [6.07, 6.45) is 5.47. The highest BCUT2D eigenvalue weighted by molar-refractivity contribution is 4.90.